The topological polar surface area (TPSA) is 92.3 Å². The first-order valence-electron chi connectivity index (χ1n) is 19.0. The molecule has 8 nitrogen and oxygen atoms in total. The molecule has 0 unspecified atom stereocenters. The molecule has 0 amide bonds. The molecule has 0 aromatic heterocycles. The van der Waals surface area contributed by atoms with Crippen LogP contribution in [0.4, 0.5) is 114 Å². The number of quaternary nitrogens is 2. The summed E-state index contributed by atoms with van der Waals surface area (Å²) < 4.78 is 397. The van der Waals surface area contributed by atoms with E-state index in [0.29, 0.717) is 38.8 Å². The molecule has 2 N–H and O–H groups in total. The monoisotopic (exact) mass is 1270 g/mol. The lowest BCUT2D eigenvalue weighted by Crippen LogP contribution is -3.00. The van der Waals surface area contributed by atoms with E-state index in [0.717, 1.165) is 0 Å². The molecular formula is C32H46Br2F26N4O4S2. The lowest BCUT2D eigenvalue weighted by molar-refractivity contribution is -0.891. The predicted octanol–water partition coefficient (Wildman–Crippen LogP) is 3.58. The van der Waals surface area contributed by atoms with Gasteiger partial charge in [-0.25, -0.2) is 26.3 Å². The molecule has 0 aromatic rings. The quantitative estimate of drug-likeness (QED) is 0.0632. The Balaban J connectivity index is -0.0000224. The average Bonchev–Trinajstić information content (AvgIpc) is 3.13. The van der Waals surface area contributed by atoms with Crippen molar-refractivity contribution in [3.8, 4) is 0 Å². The molecule has 0 spiro atoms. The third kappa shape index (κ3) is 16.7. The molecule has 38 heteroatoms. The predicted molar refractivity (Wildman–Crippen MR) is 186 cm³/mol. The molecule has 0 saturated carbocycles. The second-order valence-electron chi connectivity index (χ2n) is 16.8. The van der Waals surface area contributed by atoms with Gasteiger partial charge in [-0.15, -0.1) is 0 Å². The fraction of sp³-hybridized carbons (Fsp3) is 1.00. The van der Waals surface area contributed by atoms with E-state index in [1.165, 1.54) is 0 Å². The van der Waals surface area contributed by atoms with E-state index >= 15 is 0 Å². The Morgan fingerprint density at radius 3 is 0.771 bits per heavy atom. The minimum absolute atomic E-state index is 0. The number of halogens is 28. The van der Waals surface area contributed by atoms with Gasteiger partial charge in [0, 0.05) is 38.8 Å². The number of rotatable bonds is 31. The minimum atomic E-state index is -8.13. The molecule has 0 aromatic carbocycles. The van der Waals surface area contributed by atoms with Crippen LogP contribution in [0.3, 0.4) is 0 Å². The van der Waals surface area contributed by atoms with E-state index in [9.17, 15) is 131 Å². The van der Waals surface area contributed by atoms with Crippen LogP contribution in [0.15, 0.2) is 0 Å². The molecule has 0 bridgehead atoms. The number of sulfonamides is 2. The highest BCUT2D eigenvalue weighted by molar-refractivity contribution is 7.89. The van der Waals surface area contributed by atoms with Crippen molar-refractivity contribution in [1.29, 1.82) is 0 Å². The first-order chi connectivity index (χ1) is 29.5. The van der Waals surface area contributed by atoms with E-state index < -0.39 is 129 Å². The van der Waals surface area contributed by atoms with Gasteiger partial charge in [0.05, 0.1) is 65.9 Å². The fourth-order valence-electron chi connectivity index (χ4n) is 5.71. The first-order valence-corrected chi connectivity index (χ1v) is 22.3. The summed E-state index contributed by atoms with van der Waals surface area (Å²) in [4.78, 5) is 0. The number of nitrogens with one attached hydrogen (secondary N) is 2. The largest absolute Gasteiger partial charge is 1.00 e. The van der Waals surface area contributed by atoms with Gasteiger partial charge in [-0.3, -0.25) is 0 Å². The van der Waals surface area contributed by atoms with Gasteiger partial charge >= 0.3 is 71.6 Å². The standard InChI is InChI=1S/C32H46F26N4O4S2.2BrH/c1-61(2,17-9-13-59-67(63,64)19-11-21(33,34)23(37,38)25(41,42)27(45,46)29(49,50)31(53,54)55)15-7-5-6-8-16-62(3,4)18-10-14-60-68(65,66)20-12-22(35,36)24(39,40)26(43,44)28(47,48)30(51,52)32(56,57)58;;/h59-60H,5-20H2,1-4H3;2*1H/q+2;;/p-2. The zero-order chi connectivity index (χ0) is 54.7. The maximum atomic E-state index is 14.0. The van der Waals surface area contributed by atoms with Crippen LogP contribution in [0.5, 0.6) is 0 Å². The molecule has 0 aliphatic carbocycles. The number of hydrogen-bond acceptors (Lipinski definition) is 4. The van der Waals surface area contributed by atoms with E-state index in [1.807, 2.05) is 0 Å². The second-order valence-corrected chi connectivity index (χ2v) is 20.7. The molecule has 0 radical (unpaired) electrons. The molecule has 0 atom stereocenters. The van der Waals surface area contributed by atoms with Crippen LogP contribution < -0.4 is 43.4 Å². The third-order valence-corrected chi connectivity index (χ3v) is 12.9. The molecule has 0 rings (SSSR count). The van der Waals surface area contributed by atoms with Crippen molar-refractivity contribution in [2.45, 2.75) is 123 Å². The lowest BCUT2D eigenvalue weighted by atomic mass is 9.93. The third-order valence-electron chi connectivity index (χ3n) is 10.2. The molecule has 0 aliphatic heterocycles. The number of unbranched alkanes of at least 4 members (excludes halogenated alkanes) is 3. The van der Waals surface area contributed by atoms with Crippen molar-refractivity contribution in [3.05, 3.63) is 0 Å². The van der Waals surface area contributed by atoms with E-state index in [-0.39, 0.29) is 68.9 Å². The van der Waals surface area contributed by atoms with E-state index in [1.54, 1.807) is 37.6 Å². The van der Waals surface area contributed by atoms with Gasteiger partial charge < -0.3 is 42.9 Å². The Labute approximate surface area is 404 Å². The van der Waals surface area contributed by atoms with Crippen molar-refractivity contribution < 1.29 is 174 Å². The molecular weight excluding hydrogens is 1220 g/mol. The van der Waals surface area contributed by atoms with Gasteiger partial charge in [0.25, 0.3) is 0 Å². The first kappa shape index (κ1) is 73.1. The highest BCUT2D eigenvalue weighted by Gasteiger charge is 2.92. The smallest absolute Gasteiger partial charge is 0.460 e. The molecule has 70 heavy (non-hydrogen) atoms. The van der Waals surface area contributed by atoms with Crippen molar-refractivity contribution in [2.24, 2.45) is 0 Å². The highest BCUT2D eigenvalue weighted by atomic mass is 79.9. The summed E-state index contributed by atoms with van der Waals surface area (Å²) in [6.07, 6.45) is -19.1. The molecule has 0 saturated heterocycles. The Kier molecular flexibility index (Phi) is 24.9. The zero-order valence-corrected chi connectivity index (χ0v) is 41.0. The Morgan fingerprint density at radius 2 is 0.543 bits per heavy atom. The summed E-state index contributed by atoms with van der Waals surface area (Å²) in [6.45, 7) is -0.119. The number of hydrogen-bond donors (Lipinski definition) is 2. The van der Waals surface area contributed by atoms with Crippen LogP contribution in [-0.2, 0) is 20.0 Å². The van der Waals surface area contributed by atoms with Crippen molar-refractivity contribution in [2.75, 3.05) is 79.0 Å². The fourth-order valence-corrected chi connectivity index (χ4v) is 7.96. The van der Waals surface area contributed by atoms with Crippen LogP contribution in [0.2, 0.25) is 0 Å². The van der Waals surface area contributed by atoms with Crippen LogP contribution in [0.1, 0.15) is 51.4 Å². The van der Waals surface area contributed by atoms with E-state index in [2.05, 4.69) is 0 Å². The summed E-state index contributed by atoms with van der Waals surface area (Å²) in [7, 11) is -3.66. The maximum Gasteiger partial charge on any atom is 0.460 e. The van der Waals surface area contributed by atoms with Gasteiger partial charge in [0.2, 0.25) is 20.0 Å². The van der Waals surface area contributed by atoms with Crippen LogP contribution >= 0.6 is 0 Å². The van der Waals surface area contributed by atoms with Crippen molar-refractivity contribution in [3.63, 3.8) is 0 Å². The van der Waals surface area contributed by atoms with Crippen LogP contribution in [0, 0.1) is 0 Å². The summed E-state index contributed by atoms with van der Waals surface area (Å²) in [5.41, 5.74) is 0. The van der Waals surface area contributed by atoms with Crippen LogP contribution in [0.25, 0.3) is 0 Å². The molecule has 426 valence electrons. The van der Waals surface area contributed by atoms with Crippen molar-refractivity contribution in [1.82, 2.24) is 9.44 Å². The molecule has 0 fully saturated rings. The summed E-state index contributed by atoms with van der Waals surface area (Å²) in [5.74, 6) is -81.0. The van der Waals surface area contributed by atoms with Gasteiger partial charge in [0.15, 0.2) is 0 Å². The van der Waals surface area contributed by atoms with Gasteiger partial charge in [-0.1, -0.05) is 0 Å². The van der Waals surface area contributed by atoms with Gasteiger partial charge in [-0.05, 0) is 25.7 Å². The lowest BCUT2D eigenvalue weighted by Gasteiger charge is -2.39. The van der Waals surface area contributed by atoms with E-state index in [4.69, 9.17) is 0 Å². The maximum absolute atomic E-state index is 14.0. The minimum Gasteiger partial charge on any atom is -1.00 e. The SMILES string of the molecule is C[N+](C)(CCCCCC[N+](C)(C)CCCNS(=O)(=O)CCC(F)(F)C(F)(F)C(F)(F)C(F)(F)C(F)(F)C(F)(F)F)CCCNS(=O)(=O)CCC(F)(F)C(F)(F)C(F)(F)C(F)(F)C(F)(F)C(F)(F)F.[Br-].[Br-]. The number of alkyl halides is 26. The van der Waals surface area contributed by atoms with Gasteiger partial charge in [-0.2, -0.15) is 114 Å². The van der Waals surface area contributed by atoms with Gasteiger partial charge in [0.1, 0.15) is 0 Å². The average molecular weight is 1270 g/mol. The zero-order valence-electron chi connectivity index (χ0n) is 36.2. The molecule has 0 aliphatic rings. The normalized spacial score (nSPS) is 15.5. The summed E-state index contributed by atoms with van der Waals surface area (Å²) >= 11 is 0. The Bertz CT molecular complexity index is 1740. The van der Waals surface area contributed by atoms with Crippen molar-refractivity contribution >= 4 is 20.0 Å². The molecule has 0 heterocycles. The second kappa shape index (κ2) is 23.8. The Hall–Kier alpha value is -1.12. The summed E-state index contributed by atoms with van der Waals surface area (Å²) in [6, 6.07) is 0. The number of nitrogens with zero attached hydrogens (tertiary/aromatic N) is 2. The highest BCUT2D eigenvalue weighted by Crippen LogP contribution is 2.62. The van der Waals surface area contributed by atoms with Crippen LogP contribution in [-0.4, -0.2) is 176 Å². The Morgan fingerprint density at radius 1 is 0.329 bits per heavy atom. The summed E-state index contributed by atoms with van der Waals surface area (Å²) in [5, 5.41) is 0.